The second kappa shape index (κ2) is 10.2. The Bertz CT molecular complexity index is 957. The van der Waals surface area contributed by atoms with Crippen LogP contribution in [0.5, 0.6) is 0 Å². The molecule has 7 nitrogen and oxygen atoms in total. The highest BCUT2D eigenvalue weighted by molar-refractivity contribution is 8.00. The fourth-order valence-electron chi connectivity index (χ4n) is 3.63. The quantitative estimate of drug-likeness (QED) is 0.597. The fourth-order valence-corrected chi connectivity index (χ4v) is 5.06. The average Bonchev–Trinajstić information content (AvgIpc) is 3.08. The molecule has 1 aliphatic rings. The molecular weight excluding hydrogens is 457 g/mol. The first-order chi connectivity index (χ1) is 14.7. The van der Waals surface area contributed by atoms with Gasteiger partial charge in [0.1, 0.15) is 0 Å². The molecule has 168 valence electrons. The van der Waals surface area contributed by atoms with Crippen molar-refractivity contribution in [1.29, 1.82) is 0 Å². The van der Waals surface area contributed by atoms with E-state index in [0.717, 1.165) is 5.56 Å². The number of thioether (sulfide) groups is 1. The van der Waals surface area contributed by atoms with E-state index in [-0.39, 0.29) is 23.0 Å². The molecule has 0 saturated carbocycles. The van der Waals surface area contributed by atoms with Gasteiger partial charge in [-0.05, 0) is 43.9 Å². The fraction of sp³-hybridized carbons (Fsp3) is 0.524. The molecule has 0 bridgehead atoms. The number of halogens is 2. The Balaban J connectivity index is 1.78. The number of primary amides is 1. The van der Waals surface area contributed by atoms with Crippen molar-refractivity contribution in [2.75, 3.05) is 13.1 Å². The van der Waals surface area contributed by atoms with E-state index in [4.69, 9.17) is 28.9 Å². The van der Waals surface area contributed by atoms with E-state index in [0.29, 0.717) is 59.4 Å². The van der Waals surface area contributed by atoms with Crippen molar-refractivity contribution in [3.05, 3.63) is 28.2 Å². The monoisotopic (exact) mass is 483 g/mol. The number of carbonyl (C=O) groups excluding carboxylic acids is 2. The van der Waals surface area contributed by atoms with Crippen LogP contribution in [0.4, 0.5) is 0 Å². The Kier molecular flexibility index (Phi) is 7.88. The Morgan fingerprint density at radius 3 is 2.45 bits per heavy atom. The van der Waals surface area contributed by atoms with E-state index in [1.54, 1.807) is 17.0 Å². The summed E-state index contributed by atoms with van der Waals surface area (Å²) in [4.78, 5) is 26.2. The van der Waals surface area contributed by atoms with Crippen LogP contribution in [-0.4, -0.2) is 49.8 Å². The summed E-state index contributed by atoms with van der Waals surface area (Å²) in [7, 11) is 0. The Morgan fingerprint density at radius 2 is 1.87 bits per heavy atom. The molecule has 10 heteroatoms. The van der Waals surface area contributed by atoms with Crippen molar-refractivity contribution < 1.29 is 9.59 Å². The smallest absolute Gasteiger partial charge is 0.235 e. The van der Waals surface area contributed by atoms with Crippen LogP contribution in [0.3, 0.4) is 0 Å². The molecule has 1 aromatic heterocycles. The number of nitrogens with two attached hydrogens (primary N) is 1. The van der Waals surface area contributed by atoms with Crippen molar-refractivity contribution in [2.24, 2.45) is 17.6 Å². The van der Waals surface area contributed by atoms with E-state index in [2.05, 4.69) is 24.0 Å². The maximum atomic E-state index is 13.0. The van der Waals surface area contributed by atoms with Gasteiger partial charge in [-0.1, -0.05) is 48.8 Å². The lowest BCUT2D eigenvalue weighted by molar-refractivity contribution is -0.134. The summed E-state index contributed by atoms with van der Waals surface area (Å²) in [5, 5.41) is 10.1. The predicted molar refractivity (Wildman–Crippen MR) is 124 cm³/mol. The third-order valence-corrected chi connectivity index (χ3v) is 6.89. The molecule has 1 aliphatic heterocycles. The Labute approximate surface area is 196 Å². The molecular formula is C21H27Cl2N5O2S. The second-order valence-corrected chi connectivity index (χ2v) is 10.3. The van der Waals surface area contributed by atoms with Gasteiger partial charge in [0.2, 0.25) is 11.8 Å². The molecule has 2 heterocycles. The number of rotatable bonds is 7. The van der Waals surface area contributed by atoms with Gasteiger partial charge in [0.15, 0.2) is 11.0 Å². The first-order valence-electron chi connectivity index (χ1n) is 10.3. The van der Waals surface area contributed by atoms with Gasteiger partial charge < -0.3 is 15.2 Å². The minimum atomic E-state index is -0.339. The molecule has 2 N–H and O–H groups in total. The number of amides is 2. The highest BCUT2D eigenvalue weighted by atomic mass is 35.5. The number of aromatic nitrogens is 3. The zero-order chi connectivity index (χ0) is 22.7. The minimum Gasteiger partial charge on any atom is -0.369 e. The molecule has 0 aliphatic carbocycles. The first-order valence-corrected chi connectivity index (χ1v) is 11.9. The van der Waals surface area contributed by atoms with Crippen molar-refractivity contribution >= 4 is 46.8 Å². The van der Waals surface area contributed by atoms with Crippen LogP contribution in [0, 0.1) is 11.8 Å². The molecule has 31 heavy (non-hydrogen) atoms. The third-order valence-electron chi connectivity index (χ3n) is 5.28. The molecule has 1 fully saturated rings. The highest BCUT2D eigenvalue weighted by Crippen LogP contribution is 2.33. The first kappa shape index (κ1) is 23.9. The molecule has 0 radical (unpaired) electrons. The van der Waals surface area contributed by atoms with Gasteiger partial charge in [-0.15, -0.1) is 10.2 Å². The maximum Gasteiger partial charge on any atom is 0.235 e. The van der Waals surface area contributed by atoms with Crippen LogP contribution < -0.4 is 5.73 Å². The van der Waals surface area contributed by atoms with Crippen LogP contribution >= 0.6 is 35.0 Å². The van der Waals surface area contributed by atoms with Crippen molar-refractivity contribution in [2.45, 2.75) is 50.6 Å². The molecule has 0 spiro atoms. The van der Waals surface area contributed by atoms with Gasteiger partial charge in [0.25, 0.3) is 0 Å². The maximum absolute atomic E-state index is 13.0. The van der Waals surface area contributed by atoms with Crippen LogP contribution in [0.1, 0.15) is 33.6 Å². The number of hydrogen-bond donors (Lipinski definition) is 1. The highest BCUT2D eigenvalue weighted by Gasteiger charge is 2.30. The number of likely N-dealkylation sites (tertiary alicyclic amines) is 1. The van der Waals surface area contributed by atoms with E-state index in [1.807, 2.05) is 17.6 Å². The topological polar surface area (TPSA) is 94.1 Å². The Hall–Kier alpha value is -1.77. The zero-order valence-electron chi connectivity index (χ0n) is 17.8. The Morgan fingerprint density at radius 1 is 1.19 bits per heavy atom. The predicted octanol–water partition coefficient (Wildman–Crippen LogP) is 4.11. The van der Waals surface area contributed by atoms with Gasteiger partial charge in [-0.3, -0.25) is 9.59 Å². The van der Waals surface area contributed by atoms with Crippen LogP contribution in [-0.2, 0) is 16.1 Å². The minimum absolute atomic E-state index is 0.0260. The summed E-state index contributed by atoms with van der Waals surface area (Å²) in [6, 6.07) is 5.28. The summed E-state index contributed by atoms with van der Waals surface area (Å²) in [6.07, 6.45) is 1.22. The summed E-state index contributed by atoms with van der Waals surface area (Å²) in [5.74, 6) is 0.592. The van der Waals surface area contributed by atoms with E-state index in [9.17, 15) is 9.59 Å². The van der Waals surface area contributed by atoms with Crippen LogP contribution in [0.2, 0.25) is 10.0 Å². The molecule has 2 amide bonds. The van der Waals surface area contributed by atoms with E-state index >= 15 is 0 Å². The number of carbonyl (C=O) groups is 2. The van der Waals surface area contributed by atoms with Crippen molar-refractivity contribution in [3.63, 3.8) is 0 Å². The molecule has 3 rings (SSSR count). The lowest BCUT2D eigenvalue weighted by Gasteiger charge is -2.32. The largest absolute Gasteiger partial charge is 0.369 e. The van der Waals surface area contributed by atoms with Crippen LogP contribution in [0.15, 0.2) is 23.4 Å². The van der Waals surface area contributed by atoms with Gasteiger partial charge in [0, 0.05) is 36.1 Å². The van der Waals surface area contributed by atoms with Gasteiger partial charge in [0.05, 0.1) is 10.3 Å². The van der Waals surface area contributed by atoms with Gasteiger partial charge >= 0.3 is 0 Å². The van der Waals surface area contributed by atoms with Gasteiger partial charge in [-0.25, -0.2) is 0 Å². The zero-order valence-corrected chi connectivity index (χ0v) is 20.2. The molecule has 1 atom stereocenters. The number of benzene rings is 1. The number of nitrogens with zero attached hydrogens (tertiary/aromatic N) is 4. The van der Waals surface area contributed by atoms with Gasteiger partial charge in [-0.2, -0.15) is 0 Å². The number of piperidine rings is 1. The standard InChI is InChI=1S/C21H27Cl2N5O2S/c1-12(2)11-28-19(16-5-4-15(22)10-17(16)23)25-26-21(28)31-13(3)20(30)27-8-6-14(7-9-27)18(24)29/h4-5,10,12-14H,6-9,11H2,1-3H3,(H2,24,29). The number of hydrogen-bond acceptors (Lipinski definition) is 5. The lowest BCUT2D eigenvalue weighted by Crippen LogP contribution is -2.44. The summed E-state index contributed by atoms with van der Waals surface area (Å²) in [5.41, 5.74) is 6.14. The summed E-state index contributed by atoms with van der Waals surface area (Å²) < 4.78 is 2.01. The molecule has 1 unspecified atom stereocenters. The van der Waals surface area contributed by atoms with Crippen molar-refractivity contribution in [3.8, 4) is 11.4 Å². The normalized spacial score (nSPS) is 16.0. The third kappa shape index (κ3) is 5.73. The van der Waals surface area contributed by atoms with Crippen LogP contribution in [0.25, 0.3) is 11.4 Å². The molecule has 1 saturated heterocycles. The lowest BCUT2D eigenvalue weighted by atomic mass is 9.96. The summed E-state index contributed by atoms with van der Waals surface area (Å²) in [6.45, 7) is 7.87. The van der Waals surface area contributed by atoms with E-state index in [1.165, 1.54) is 11.8 Å². The average molecular weight is 484 g/mol. The van der Waals surface area contributed by atoms with Crippen molar-refractivity contribution in [1.82, 2.24) is 19.7 Å². The molecule has 2 aromatic rings. The summed E-state index contributed by atoms with van der Waals surface area (Å²) >= 11 is 13.8. The second-order valence-electron chi connectivity index (χ2n) is 8.20. The molecule has 1 aromatic carbocycles. The SMILES string of the molecule is CC(C)Cn1c(SC(C)C(=O)N2CCC(C(N)=O)CC2)nnc1-c1ccc(Cl)cc1Cl. The van der Waals surface area contributed by atoms with E-state index < -0.39 is 0 Å².